The fourth-order valence-corrected chi connectivity index (χ4v) is 2.87. The van der Waals surface area contributed by atoms with Gasteiger partial charge in [0.15, 0.2) is 0 Å². The summed E-state index contributed by atoms with van der Waals surface area (Å²) in [5, 5.41) is 8.31. The molecule has 2 N–H and O–H groups in total. The van der Waals surface area contributed by atoms with Crippen LogP contribution in [0.25, 0.3) is 0 Å². The highest BCUT2D eigenvalue weighted by Crippen LogP contribution is 2.30. The maximum Gasteiger partial charge on any atom is 0.227 e. The molecule has 1 aromatic rings. The number of carbonyl (C=O) groups excluding carboxylic acids is 1. The molecule has 0 aromatic carbocycles. The van der Waals surface area contributed by atoms with Gasteiger partial charge in [0, 0.05) is 11.9 Å². The molecule has 4 nitrogen and oxygen atoms in total. The zero-order valence-electron chi connectivity index (χ0n) is 10.2. The highest BCUT2D eigenvalue weighted by molar-refractivity contribution is 7.07. The Balaban J connectivity index is 1.93. The summed E-state index contributed by atoms with van der Waals surface area (Å²) in [4.78, 5) is 16.4. The molecule has 0 spiro atoms. The summed E-state index contributed by atoms with van der Waals surface area (Å²) in [5.41, 5.74) is 2.52. The van der Waals surface area contributed by atoms with Crippen molar-refractivity contribution in [3.8, 4) is 0 Å². The molecule has 1 aliphatic rings. The highest BCUT2D eigenvalue weighted by Gasteiger charge is 2.37. The molecule has 1 saturated heterocycles. The Kier molecular flexibility index (Phi) is 4.12. The fourth-order valence-electron chi connectivity index (χ4n) is 2.31. The number of carbonyl (C=O) groups is 1. The summed E-state index contributed by atoms with van der Waals surface area (Å²) in [6, 6.07) is 0. The molecule has 1 fully saturated rings. The summed E-state index contributed by atoms with van der Waals surface area (Å²) in [6.45, 7) is 4.47. The Hall–Kier alpha value is -0.940. The Morgan fingerprint density at radius 1 is 1.71 bits per heavy atom. The van der Waals surface area contributed by atoms with E-state index in [1.165, 1.54) is 0 Å². The lowest BCUT2D eigenvalue weighted by atomic mass is 9.77. The Bertz CT molecular complexity index is 358. The monoisotopic (exact) mass is 253 g/mol. The Morgan fingerprint density at radius 3 is 3.18 bits per heavy atom. The molecule has 0 saturated carbocycles. The molecule has 1 unspecified atom stereocenters. The summed E-state index contributed by atoms with van der Waals surface area (Å²) in [6.07, 6.45) is 2.96. The minimum absolute atomic E-state index is 0.167. The summed E-state index contributed by atoms with van der Waals surface area (Å²) in [7, 11) is 0. The number of nitrogens with one attached hydrogen (secondary N) is 2. The molecule has 2 rings (SSSR count). The van der Waals surface area contributed by atoms with Crippen LogP contribution < -0.4 is 10.6 Å². The molecule has 5 heteroatoms. The topological polar surface area (TPSA) is 54.0 Å². The molecule has 1 atom stereocenters. The smallest absolute Gasteiger partial charge is 0.227 e. The quantitative estimate of drug-likeness (QED) is 0.856. The molecule has 0 aliphatic carbocycles. The third kappa shape index (κ3) is 2.84. The van der Waals surface area contributed by atoms with Gasteiger partial charge in [-0.2, -0.15) is 0 Å². The van der Waals surface area contributed by atoms with E-state index in [0.717, 1.165) is 38.0 Å². The van der Waals surface area contributed by atoms with Gasteiger partial charge in [-0.25, -0.2) is 4.98 Å². The van der Waals surface area contributed by atoms with Gasteiger partial charge in [-0.3, -0.25) is 4.79 Å². The largest absolute Gasteiger partial charge is 0.350 e. The van der Waals surface area contributed by atoms with E-state index in [0.29, 0.717) is 6.54 Å². The molecule has 0 bridgehead atoms. The van der Waals surface area contributed by atoms with Gasteiger partial charge in [0.25, 0.3) is 0 Å². The van der Waals surface area contributed by atoms with E-state index >= 15 is 0 Å². The van der Waals surface area contributed by atoms with E-state index in [9.17, 15) is 4.79 Å². The zero-order chi connectivity index (χ0) is 12.1. The molecule has 1 amide bonds. The summed E-state index contributed by atoms with van der Waals surface area (Å²) >= 11 is 1.56. The first-order valence-corrected chi connectivity index (χ1v) is 7.07. The van der Waals surface area contributed by atoms with E-state index in [-0.39, 0.29) is 11.3 Å². The van der Waals surface area contributed by atoms with Crippen molar-refractivity contribution in [2.24, 2.45) is 5.41 Å². The maximum atomic E-state index is 12.3. The standard InChI is InChI=1S/C12H19N3OS/c1-2-12(4-3-5-13-8-12)11(16)14-6-10-7-17-9-15-10/h7,9,13H,2-6,8H2,1H3,(H,14,16). The third-order valence-electron chi connectivity index (χ3n) is 3.54. The Labute approximate surface area is 106 Å². The van der Waals surface area contributed by atoms with Crippen molar-refractivity contribution >= 4 is 17.2 Å². The van der Waals surface area contributed by atoms with Crippen molar-refractivity contribution in [1.82, 2.24) is 15.6 Å². The number of amides is 1. The van der Waals surface area contributed by atoms with Gasteiger partial charge in [-0.05, 0) is 25.8 Å². The normalized spacial score (nSPS) is 24.5. The van der Waals surface area contributed by atoms with Crippen LogP contribution in [0.15, 0.2) is 10.9 Å². The second-order valence-corrected chi connectivity index (χ2v) is 5.30. The Morgan fingerprint density at radius 2 is 2.59 bits per heavy atom. The average molecular weight is 253 g/mol. The van der Waals surface area contributed by atoms with E-state index in [2.05, 4.69) is 22.5 Å². The molecule has 1 aliphatic heterocycles. The molecular weight excluding hydrogens is 234 g/mol. The highest BCUT2D eigenvalue weighted by atomic mass is 32.1. The van der Waals surface area contributed by atoms with Crippen molar-refractivity contribution in [2.75, 3.05) is 13.1 Å². The average Bonchev–Trinajstić information content (AvgIpc) is 2.90. The van der Waals surface area contributed by atoms with Crippen LogP contribution in [0.2, 0.25) is 0 Å². The number of rotatable bonds is 4. The lowest BCUT2D eigenvalue weighted by molar-refractivity contribution is -0.132. The lowest BCUT2D eigenvalue weighted by Gasteiger charge is -2.35. The van der Waals surface area contributed by atoms with Crippen LogP contribution in [0.1, 0.15) is 31.9 Å². The SMILES string of the molecule is CCC1(C(=O)NCc2cscn2)CCCNC1. The molecule has 17 heavy (non-hydrogen) atoms. The summed E-state index contributed by atoms with van der Waals surface area (Å²) in [5.74, 6) is 0.167. The van der Waals surface area contributed by atoms with Gasteiger partial charge < -0.3 is 10.6 Å². The number of piperidine rings is 1. The van der Waals surface area contributed by atoms with Crippen molar-refractivity contribution in [3.05, 3.63) is 16.6 Å². The lowest BCUT2D eigenvalue weighted by Crippen LogP contribution is -2.50. The second-order valence-electron chi connectivity index (χ2n) is 4.58. The molecule has 0 radical (unpaired) electrons. The van der Waals surface area contributed by atoms with Crippen molar-refractivity contribution in [3.63, 3.8) is 0 Å². The first-order chi connectivity index (χ1) is 8.27. The third-order valence-corrected chi connectivity index (χ3v) is 4.18. The van der Waals surface area contributed by atoms with Crippen LogP contribution in [-0.4, -0.2) is 24.0 Å². The first kappa shape index (κ1) is 12.5. The van der Waals surface area contributed by atoms with Gasteiger partial charge in [0.1, 0.15) is 0 Å². The predicted molar refractivity (Wildman–Crippen MR) is 68.8 cm³/mol. The number of aromatic nitrogens is 1. The zero-order valence-corrected chi connectivity index (χ0v) is 11.0. The van der Waals surface area contributed by atoms with Gasteiger partial charge in [0.2, 0.25) is 5.91 Å². The first-order valence-electron chi connectivity index (χ1n) is 6.13. The molecular formula is C12H19N3OS. The van der Waals surface area contributed by atoms with Crippen LogP contribution in [0.4, 0.5) is 0 Å². The van der Waals surface area contributed by atoms with Crippen molar-refractivity contribution < 1.29 is 4.79 Å². The van der Waals surface area contributed by atoms with Gasteiger partial charge in [-0.15, -0.1) is 11.3 Å². The van der Waals surface area contributed by atoms with Crippen molar-refractivity contribution in [2.45, 2.75) is 32.7 Å². The van der Waals surface area contributed by atoms with E-state index in [1.807, 2.05) is 5.38 Å². The van der Waals surface area contributed by atoms with Crippen LogP contribution in [0, 0.1) is 5.41 Å². The van der Waals surface area contributed by atoms with Crippen LogP contribution in [0.5, 0.6) is 0 Å². The van der Waals surface area contributed by atoms with Gasteiger partial charge in [0.05, 0.1) is 23.2 Å². The summed E-state index contributed by atoms with van der Waals surface area (Å²) < 4.78 is 0. The fraction of sp³-hybridized carbons (Fsp3) is 0.667. The van der Waals surface area contributed by atoms with Crippen LogP contribution in [-0.2, 0) is 11.3 Å². The van der Waals surface area contributed by atoms with E-state index in [4.69, 9.17) is 0 Å². The molecule has 2 heterocycles. The van der Waals surface area contributed by atoms with Crippen LogP contribution in [0.3, 0.4) is 0 Å². The number of hydrogen-bond acceptors (Lipinski definition) is 4. The van der Waals surface area contributed by atoms with Gasteiger partial charge in [-0.1, -0.05) is 6.92 Å². The number of hydrogen-bond donors (Lipinski definition) is 2. The minimum atomic E-state index is -0.214. The number of thiazole rings is 1. The van der Waals surface area contributed by atoms with Crippen LogP contribution >= 0.6 is 11.3 Å². The molecule has 94 valence electrons. The number of nitrogens with zero attached hydrogens (tertiary/aromatic N) is 1. The second kappa shape index (κ2) is 5.60. The van der Waals surface area contributed by atoms with E-state index in [1.54, 1.807) is 16.8 Å². The van der Waals surface area contributed by atoms with Gasteiger partial charge >= 0.3 is 0 Å². The van der Waals surface area contributed by atoms with Crippen molar-refractivity contribution in [1.29, 1.82) is 0 Å². The van der Waals surface area contributed by atoms with E-state index < -0.39 is 0 Å². The maximum absolute atomic E-state index is 12.3. The minimum Gasteiger partial charge on any atom is -0.350 e. The predicted octanol–water partition coefficient (Wildman–Crippen LogP) is 1.54. The molecule has 1 aromatic heterocycles.